The molecule has 1 aromatic rings. The standard InChI is InChI=1S/C12H15N3O/c1-10(16)11-3-4-12(13-9-11)15-7-5-14(2)6-8-15/h1,3-4,9H,5-8H2,2H3. The van der Waals surface area contributed by atoms with Gasteiger partial charge < -0.3 is 9.80 Å². The lowest BCUT2D eigenvalue weighted by molar-refractivity contribution is 0.104. The quantitative estimate of drug-likeness (QED) is 0.684. The molecule has 1 aliphatic heterocycles. The predicted molar refractivity (Wildman–Crippen MR) is 62.6 cm³/mol. The maximum absolute atomic E-state index is 10.9. The summed E-state index contributed by atoms with van der Waals surface area (Å²) < 4.78 is 0. The minimum Gasteiger partial charge on any atom is -0.354 e. The van der Waals surface area contributed by atoms with E-state index in [-0.39, 0.29) is 0 Å². The molecule has 2 rings (SSSR count). The fraction of sp³-hybridized carbons (Fsp3) is 0.417. The summed E-state index contributed by atoms with van der Waals surface area (Å²) in [6.45, 7) is 9.19. The van der Waals surface area contributed by atoms with E-state index in [4.69, 9.17) is 6.92 Å². The zero-order valence-electron chi connectivity index (χ0n) is 9.39. The Morgan fingerprint density at radius 2 is 2.00 bits per heavy atom. The lowest BCUT2D eigenvalue weighted by Gasteiger charge is -2.33. The molecule has 0 saturated carbocycles. The van der Waals surface area contributed by atoms with Crippen LogP contribution in [-0.2, 0) is 0 Å². The molecule has 84 valence electrons. The average molecular weight is 217 g/mol. The highest BCUT2D eigenvalue weighted by molar-refractivity contribution is 5.99. The Morgan fingerprint density at radius 1 is 1.31 bits per heavy atom. The fourth-order valence-electron chi connectivity index (χ4n) is 1.75. The topological polar surface area (TPSA) is 36.4 Å². The normalized spacial score (nSPS) is 17.5. The number of Topliss-reactive ketones (excluding diaryl/α,β-unsaturated/α-hetero) is 1. The zero-order chi connectivity index (χ0) is 11.5. The number of piperazine rings is 1. The number of aromatic nitrogens is 1. The van der Waals surface area contributed by atoms with Crippen molar-refractivity contribution in [1.82, 2.24) is 9.88 Å². The molecule has 2 radical (unpaired) electrons. The zero-order valence-corrected chi connectivity index (χ0v) is 9.39. The predicted octanol–water partition coefficient (Wildman–Crippen LogP) is 0.727. The average Bonchev–Trinajstić information content (AvgIpc) is 2.30. The van der Waals surface area contributed by atoms with Gasteiger partial charge in [-0.05, 0) is 19.2 Å². The Balaban J connectivity index is 2.07. The van der Waals surface area contributed by atoms with Crippen molar-refractivity contribution < 1.29 is 4.79 Å². The number of hydrogen-bond acceptors (Lipinski definition) is 4. The maximum atomic E-state index is 10.9. The molecule has 4 heteroatoms. The number of ketones is 1. The van der Waals surface area contributed by atoms with Gasteiger partial charge in [-0.15, -0.1) is 0 Å². The van der Waals surface area contributed by atoms with Crippen molar-refractivity contribution in [3.63, 3.8) is 0 Å². The molecule has 1 aliphatic rings. The first-order valence-electron chi connectivity index (χ1n) is 5.36. The Kier molecular flexibility index (Phi) is 3.19. The molecule has 4 nitrogen and oxygen atoms in total. The summed E-state index contributed by atoms with van der Waals surface area (Å²) >= 11 is 0. The molecule has 1 fully saturated rings. The molecule has 1 aromatic heterocycles. The van der Waals surface area contributed by atoms with Crippen LogP contribution in [0.5, 0.6) is 0 Å². The van der Waals surface area contributed by atoms with Gasteiger partial charge in [0.25, 0.3) is 0 Å². The fourth-order valence-corrected chi connectivity index (χ4v) is 1.75. The number of pyridine rings is 1. The number of likely N-dealkylation sites (N-methyl/N-ethyl adjacent to an activating group) is 1. The van der Waals surface area contributed by atoms with E-state index >= 15 is 0 Å². The molecule has 0 bridgehead atoms. The number of hydrogen-bond donors (Lipinski definition) is 0. The molecule has 0 aromatic carbocycles. The highest BCUT2D eigenvalue weighted by Crippen LogP contribution is 2.13. The van der Waals surface area contributed by atoms with Gasteiger partial charge in [0.2, 0.25) is 0 Å². The van der Waals surface area contributed by atoms with Gasteiger partial charge >= 0.3 is 0 Å². The Morgan fingerprint density at radius 3 is 2.50 bits per heavy atom. The molecule has 0 atom stereocenters. The summed E-state index contributed by atoms with van der Waals surface area (Å²) in [5.41, 5.74) is 0.456. The SMILES string of the molecule is [CH]C(=O)c1ccc(N2CCN(C)CC2)nc1. The number of carbonyl (C=O) groups excluding carboxylic acids is 1. The monoisotopic (exact) mass is 217 g/mol. The first-order chi connectivity index (χ1) is 7.66. The van der Waals surface area contributed by atoms with Crippen LogP contribution in [0.25, 0.3) is 0 Å². The Hall–Kier alpha value is -1.42. The van der Waals surface area contributed by atoms with Crippen molar-refractivity contribution >= 4 is 11.6 Å². The van der Waals surface area contributed by atoms with Crippen LogP contribution < -0.4 is 4.90 Å². The number of anilines is 1. The van der Waals surface area contributed by atoms with Gasteiger partial charge in [0.15, 0.2) is 5.78 Å². The number of rotatable bonds is 2. The van der Waals surface area contributed by atoms with Crippen molar-refractivity contribution in [1.29, 1.82) is 0 Å². The van der Waals surface area contributed by atoms with Crippen LogP contribution in [-0.4, -0.2) is 48.9 Å². The van der Waals surface area contributed by atoms with Crippen molar-refractivity contribution in [2.75, 3.05) is 38.1 Å². The highest BCUT2D eigenvalue weighted by atomic mass is 16.1. The molecule has 0 unspecified atom stereocenters. The summed E-state index contributed by atoms with van der Waals surface area (Å²) in [4.78, 5) is 19.6. The first kappa shape index (κ1) is 11.1. The van der Waals surface area contributed by atoms with Crippen molar-refractivity contribution in [3.8, 4) is 0 Å². The molecular weight excluding hydrogens is 202 g/mol. The van der Waals surface area contributed by atoms with Crippen LogP contribution in [0.2, 0.25) is 0 Å². The lowest BCUT2D eigenvalue weighted by Crippen LogP contribution is -2.44. The Bertz CT molecular complexity index is 366. The van der Waals surface area contributed by atoms with E-state index in [2.05, 4.69) is 21.8 Å². The largest absolute Gasteiger partial charge is 0.354 e. The molecule has 0 aliphatic carbocycles. The second-order valence-electron chi connectivity index (χ2n) is 4.06. The van der Waals surface area contributed by atoms with Gasteiger partial charge in [-0.2, -0.15) is 0 Å². The molecule has 0 N–H and O–H groups in total. The van der Waals surface area contributed by atoms with E-state index in [0.29, 0.717) is 5.56 Å². The van der Waals surface area contributed by atoms with Gasteiger partial charge in [0.05, 0.1) is 0 Å². The van der Waals surface area contributed by atoms with Gasteiger partial charge in [-0.25, -0.2) is 4.98 Å². The molecule has 16 heavy (non-hydrogen) atoms. The highest BCUT2D eigenvalue weighted by Gasteiger charge is 2.15. The van der Waals surface area contributed by atoms with Gasteiger partial charge in [-0.3, -0.25) is 4.79 Å². The summed E-state index contributed by atoms with van der Waals surface area (Å²) in [7, 11) is 2.11. The van der Waals surface area contributed by atoms with Crippen LogP contribution in [0.1, 0.15) is 10.4 Å². The van der Waals surface area contributed by atoms with E-state index in [9.17, 15) is 4.79 Å². The van der Waals surface area contributed by atoms with Crippen molar-refractivity contribution in [3.05, 3.63) is 30.8 Å². The summed E-state index contributed by atoms with van der Waals surface area (Å²) in [5.74, 6) is 0.482. The van der Waals surface area contributed by atoms with E-state index < -0.39 is 5.78 Å². The number of carbonyl (C=O) groups is 1. The third-order valence-electron chi connectivity index (χ3n) is 2.86. The first-order valence-corrected chi connectivity index (χ1v) is 5.36. The second-order valence-corrected chi connectivity index (χ2v) is 4.06. The van der Waals surface area contributed by atoms with Crippen LogP contribution in [0.4, 0.5) is 5.82 Å². The number of nitrogens with zero attached hydrogens (tertiary/aromatic N) is 3. The maximum Gasteiger partial charge on any atom is 0.169 e. The Labute approximate surface area is 95.9 Å². The molecule has 2 heterocycles. The third-order valence-corrected chi connectivity index (χ3v) is 2.86. The van der Waals surface area contributed by atoms with Gasteiger partial charge in [0.1, 0.15) is 5.82 Å². The molecule has 0 spiro atoms. The van der Waals surface area contributed by atoms with Crippen molar-refractivity contribution in [2.24, 2.45) is 0 Å². The van der Waals surface area contributed by atoms with E-state index in [1.54, 1.807) is 6.07 Å². The van der Waals surface area contributed by atoms with Gasteiger partial charge in [-0.1, -0.05) is 0 Å². The van der Waals surface area contributed by atoms with E-state index in [1.807, 2.05) is 6.07 Å². The van der Waals surface area contributed by atoms with E-state index in [1.165, 1.54) is 6.20 Å². The van der Waals surface area contributed by atoms with Crippen LogP contribution in [0, 0.1) is 6.92 Å². The lowest BCUT2D eigenvalue weighted by atomic mass is 10.2. The summed E-state index contributed by atoms with van der Waals surface area (Å²) in [6.07, 6.45) is 1.54. The molecule has 1 saturated heterocycles. The van der Waals surface area contributed by atoms with Crippen molar-refractivity contribution in [2.45, 2.75) is 0 Å². The van der Waals surface area contributed by atoms with Gasteiger partial charge in [0, 0.05) is 44.9 Å². The second kappa shape index (κ2) is 4.61. The minimum atomic E-state index is -0.433. The van der Waals surface area contributed by atoms with Crippen LogP contribution in [0.15, 0.2) is 18.3 Å². The third kappa shape index (κ3) is 2.39. The smallest absolute Gasteiger partial charge is 0.169 e. The van der Waals surface area contributed by atoms with Crippen LogP contribution >= 0.6 is 0 Å². The van der Waals surface area contributed by atoms with Crippen LogP contribution in [0.3, 0.4) is 0 Å². The minimum absolute atomic E-state index is 0.433. The molecule has 0 amide bonds. The van der Waals surface area contributed by atoms with E-state index in [0.717, 1.165) is 32.0 Å². The summed E-state index contributed by atoms with van der Waals surface area (Å²) in [5, 5.41) is 0. The molecular formula is C12H15N3O. The summed E-state index contributed by atoms with van der Waals surface area (Å²) in [6, 6.07) is 3.58.